The zero-order valence-electron chi connectivity index (χ0n) is 15.1. The lowest BCUT2D eigenvalue weighted by atomic mass is 10.2. The minimum Gasteiger partial charge on any atom is -0.340 e. The van der Waals surface area contributed by atoms with Crippen LogP contribution in [-0.4, -0.2) is 47.0 Å². The molecule has 1 aliphatic rings. The van der Waals surface area contributed by atoms with Crippen LogP contribution in [0, 0.1) is 5.82 Å². The molecule has 1 heterocycles. The van der Waals surface area contributed by atoms with E-state index in [-0.39, 0.29) is 22.9 Å². The fourth-order valence-electron chi connectivity index (χ4n) is 3.02. The number of thioether (sulfide) groups is 1. The van der Waals surface area contributed by atoms with Crippen LogP contribution in [0.2, 0.25) is 5.02 Å². The summed E-state index contributed by atoms with van der Waals surface area (Å²) in [5.74, 6) is -0.593. The molecule has 0 aliphatic carbocycles. The summed E-state index contributed by atoms with van der Waals surface area (Å²) in [6.45, 7) is 2.47. The molecule has 1 fully saturated rings. The van der Waals surface area contributed by atoms with Crippen molar-refractivity contribution in [3.05, 3.63) is 70.5 Å². The SMILES string of the molecule is C[C@@H]1S[C@@H](c2ccccc2F)N(CCN(C)C(=O)c2ccccc2Cl)C1=O. The van der Waals surface area contributed by atoms with E-state index in [0.29, 0.717) is 29.2 Å². The van der Waals surface area contributed by atoms with E-state index < -0.39 is 5.37 Å². The van der Waals surface area contributed by atoms with Crippen molar-refractivity contribution < 1.29 is 14.0 Å². The van der Waals surface area contributed by atoms with Crippen LogP contribution in [0.1, 0.15) is 28.2 Å². The molecule has 7 heteroatoms. The Kier molecular flexibility index (Phi) is 6.07. The van der Waals surface area contributed by atoms with Crippen LogP contribution in [0.3, 0.4) is 0 Å². The molecule has 2 amide bonds. The second kappa shape index (κ2) is 8.31. The van der Waals surface area contributed by atoms with Crippen molar-refractivity contribution >= 4 is 35.2 Å². The first-order chi connectivity index (χ1) is 12.9. The smallest absolute Gasteiger partial charge is 0.255 e. The van der Waals surface area contributed by atoms with E-state index >= 15 is 0 Å². The van der Waals surface area contributed by atoms with Gasteiger partial charge in [-0.05, 0) is 25.1 Å². The Labute approximate surface area is 167 Å². The maximum Gasteiger partial charge on any atom is 0.255 e. The zero-order chi connectivity index (χ0) is 19.6. The highest BCUT2D eigenvalue weighted by Crippen LogP contribution is 2.43. The first kappa shape index (κ1) is 19.7. The number of likely N-dealkylation sites (N-methyl/N-ethyl adjacent to an activating group) is 1. The average Bonchev–Trinajstić information content (AvgIpc) is 2.94. The lowest BCUT2D eigenvalue weighted by molar-refractivity contribution is -0.130. The molecule has 2 atom stereocenters. The largest absolute Gasteiger partial charge is 0.340 e. The molecule has 27 heavy (non-hydrogen) atoms. The van der Waals surface area contributed by atoms with Crippen molar-refractivity contribution in [1.29, 1.82) is 0 Å². The van der Waals surface area contributed by atoms with E-state index in [1.54, 1.807) is 54.4 Å². The van der Waals surface area contributed by atoms with Crippen molar-refractivity contribution in [1.82, 2.24) is 9.80 Å². The highest BCUT2D eigenvalue weighted by molar-refractivity contribution is 8.01. The van der Waals surface area contributed by atoms with Gasteiger partial charge in [-0.1, -0.05) is 41.9 Å². The fourth-order valence-corrected chi connectivity index (χ4v) is 4.57. The van der Waals surface area contributed by atoms with E-state index in [0.717, 1.165) is 0 Å². The molecule has 0 bridgehead atoms. The van der Waals surface area contributed by atoms with Crippen molar-refractivity contribution in [2.75, 3.05) is 20.1 Å². The van der Waals surface area contributed by atoms with Crippen molar-refractivity contribution in [2.45, 2.75) is 17.5 Å². The van der Waals surface area contributed by atoms with Crippen molar-refractivity contribution in [3.8, 4) is 0 Å². The number of benzene rings is 2. The summed E-state index contributed by atoms with van der Waals surface area (Å²) in [6.07, 6.45) is 0. The molecule has 0 N–H and O–H groups in total. The second-order valence-electron chi connectivity index (χ2n) is 6.39. The van der Waals surface area contributed by atoms with Crippen LogP contribution in [0.15, 0.2) is 48.5 Å². The van der Waals surface area contributed by atoms with Gasteiger partial charge >= 0.3 is 0 Å². The van der Waals surface area contributed by atoms with E-state index in [2.05, 4.69) is 0 Å². The van der Waals surface area contributed by atoms with Gasteiger partial charge in [0.2, 0.25) is 5.91 Å². The van der Waals surface area contributed by atoms with Crippen LogP contribution in [-0.2, 0) is 4.79 Å². The van der Waals surface area contributed by atoms with Crippen LogP contribution >= 0.6 is 23.4 Å². The number of rotatable bonds is 5. The molecule has 0 unspecified atom stereocenters. The van der Waals surface area contributed by atoms with Gasteiger partial charge < -0.3 is 9.80 Å². The standard InChI is InChI=1S/C20H20ClFN2O2S/c1-13-18(25)24(20(27-13)15-8-4-6-10-17(15)22)12-11-23(2)19(26)14-7-3-5-9-16(14)21/h3-10,13,20H,11-12H2,1-2H3/t13-,20-/m0/s1. The quantitative estimate of drug-likeness (QED) is 0.746. The normalized spacial score (nSPS) is 19.4. The van der Waals surface area contributed by atoms with E-state index in [9.17, 15) is 14.0 Å². The first-order valence-electron chi connectivity index (χ1n) is 8.60. The van der Waals surface area contributed by atoms with Gasteiger partial charge in [-0.2, -0.15) is 0 Å². The third kappa shape index (κ3) is 4.12. The summed E-state index contributed by atoms with van der Waals surface area (Å²) in [6, 6.07) is 13.3. The third-order valence-corrected chi connectivity index (χ3v) is 6.25. The van der Waals surface area contributed by atoms with Gasteiger partial charge in [0.15, 0.2) is 0 Å². The van der Waals surface area contributed by atoms with E-state index in [1.807, 2.05) is 6.92 Å². The molecular weight excluding hydrogens is 387 g/mol. The van der Waals surface area contributed by atoms with Gasteiger partial charge in [0.25, 0.3) is 5.91 Å². The average molecular weight is 407 g/mol. The number of carbonyl (C=O) groups excluding carboxylic acids is 2. The van der Waals surface area contributed by atoms with Gasteiger partial charge in [-0.3, -0.25) is 9.59 Å². The minimum atomic E-state index is -0.391. The van der Waals surface area contributed by atoms with Gasteiger partial charge in [-0.15, -0.1) is 11.8 Å². The molecule has 0 spiro atoms. The fraction of sp³-hybridized carbons (Fsp3) is 0.300. The van der Waals surface area contributed by atoms with Crippen LogP contribution in [0.5, 0.6) is 0 Å². The molecular formula is C20H20ClFN2O2S. The Hall–Kier alpha value is -2.05. The highest BCUT2D eigenvalue weighted by atomic mass is 35.5. The molecule has 2 aromatic carbocycles. The Balaban J connectivity index is 1.73. The molecule has 142 valence electrons. The van der Waals surface area contributed by atoms with Crippen LogP contribution in [0.4, 0.5) is 4.39 Å². The van der Waals surface area contributed by atoms with Gasteiger partial charge in [-0.25, -0.2) is 4.39 Å². The predicted octanol–water partition coefficient (Wildman–Crippen LogP) is 4.21. The molecule has 2 aromatic rings. The molecule has 0 radical (unpaired) electrons. The predicted molar refractivity (Wildman–Crippen MR) is 106 cm³/mol. The summed E-state index contributed by atoms with van der Waals surface area (Å²) in [7, 11) is 1.67. The van der Waals surface area contributed by atoms with Crippen LogP contribution < -0.4 is 0 Å². The maximum atomic E-state index is 14.2. The summed E-state index contributed by atoms with van der Waals surface area (Å²) >= 11 is 7.52. The molecule has 3 rings (SSSR count). The third-order valence-electron chi connectivity index (χ3n) is 4.55. The monoisotopic (exact) mass is 406 g/mol. The number of halogens is 2. The lowest BCUT2D eigenvalue weighted by Crippen LogP contribution is -2.39. The number of nitrogens with zero attached hydrogens (tertiary/aromatic N) is 2. The topological polar surface area (TPSA) is 40.6 Å². The molecule has 0 saturated carbocycles. The minimum absolute atomic E-state index is 0.0492. The number of hydrogen-bond acceptors (Lipinski definition) is 3. The van der Waals surface area contributed by atoms with Gasteiger partial charge in [0.05, 0.1) is 15.8 Å². The second-order valence-corrected chi connectivity index (χ2v) is 8.22. The number of amides is 2. The maximum absolute atomic E-state index is 14.2. The molecule has 0 aromatic heterocycles. The number of carbonyl (C=O) groups is 2. The first-order valence-corrected chi connectivity index (χ1v) is 9.92. The Morgan fingerprint density at radius 2 is 1.89 bits per heavy atom. The zero-order valence-corrected chi connectivity index (χ0v) is 16.6. The van der Waals surface area contributed by atoms with Crippen molar-refractivity contribution in [2.24, 2.45) is 0 Å². The lowest BCUT2D eigenvalue weighted by Gasteiger charge is -2.27. The van der Waals surface area contributed by atoms with Gasteiger partial charge in [0, 0.05) is 25.7 Å². The Morgan fingerprint density at radius 3 is 2.59 bits per heavy atom. The van der Waals surface area contributed by atoms with E-state index in [1.165, 1.54) is 22.7 Å². The number of hydrogen-bond donors (Lipinski definition) is 0. The summed E-state index contributed by atoms with van der Waals surface area (Å²) in [4.78, 5) is 28.3. The van der Waals surface area contributed by atoms with Crippen LogP contribution in [0.25, 0.3) is 0 Å². The Bertz CT molecular complexity index is 863. The molecule has 4 nitrogen and oxygen atoms in total. The van der Waals surface area contributed by atoms with E-state index in [4.69, 9.17) is 11.6 Å². The molecule has 1 saturated heterocycles. The van der Waals surface area contributed by atoms with Gasteiger partial charge in [0.1, 0.15) is 11.2 Å². The summed E-state index contributed by atoms with van der Waals surface area (Å²) < 4.78 is 14.2. The summed E-state index contributed by atoms with van der Waals surface area (Å²) in [5.41, 5.74) is 0.906. The van der Waals surface area contributed by atoms with Crippen molar-refractivity contribution in [3.63, 3.8) is 0 Å². The summed E-state index contributed by atoms with van der Waals surface area (Å²) in [5, 5.41) is -0.253. The Morgan fingerprint density at radius 1 is 1.22 bits per heavy atom. The molecule has 1 aliphatic heterocycles. The highest BCUT2D eigenvalue weighted by Gasteiger charge is 2.39.